The summed E-state index contributed by atoms with van der Waals surface area (Å²) in [7, 11) is 0. The SMILES string of the molecule is CCCc1c(Cl)ncnc1-c1ccccc1Br. The zero-order valence-corrected chi connectivity index (χ0v) is 11.8. The molecule has 4 heteroatoms. The first-order valence-corrected chi connectivity index (χ1v) is 6.65. The molecule has 17 heavy (non-hydrogen) atoms. The van der Waals surface area contributed by atoms with Crippen LogP contribution in [0.15, 0.2) is 35.1 Å². The quantitative estimate of drug-likeness (QED) is 0.779. The third kappa shape index (κ3) is 2.67. The van der Waals surface area contributed by atoms with Crippen molar-refractivity contribution >= 4 is 27.5 Å². The lowest BCUT2D eigenvalue weighted by molar-refractivity contribution is 0.904. The van der Waals surface area contributed by atoms with Crippen molar-refractivity contribution < 1.29 is 0 Å². The zero-order chi connectivity index (χ0) is 12.3. The maximum absolute atomic E-state index is 6.14. The van der Waals surface area contributed by atoms with Crippen molar-refractivity contribution in [2.45, 2.75) is 19.8 Å². The van der Waals surface area contributed by atoms with Crippen LogP contribution >= 0.6 is 27.5 Å². The van der Waals surface area contributed by atoms with E-state index in [-0.39, 0.29) is 0 Å². The third-order valence-corrected chi connectivity index (χ3v) is 3.54. The van der Waals surface area contributed by atoms with Crippen LogP contribution in [0.25, 0.3) is 11.3 Å². The van der Waals surface area contributed by atoms with Crippen LogP contribution < -0.4 is 0 Å². The van der Waals surface area contributed by atoms with Crippen molar-refractivity contribution in [1.29, 1.82) is 0 Å². The summed E-state index contributed by atoms with van der Waals surface area (Å²) in [6.45, 7) is 2.12. The Morgan fingerprint density at radius 1 is 1.24 bits per heavy atom. The van der Waals surface area contributed by atoms with E-state index < -0.39 is 0 Å². The van der Waals surface area contributed by atoms with Crippen LogP contribution in [0.5, 0.6) is 0 Å². The van der Waals surface area contributed by atoms with Crippen molar-refractivity contribution in [3.8, 4) is 11.3 Å². The highest BCUT2D eigenvalue weighted by Crippen LogP contribution is 2.31. The van der Waals surface area contributed by atoms with E-state index in [0.717, 1.165) is 34.1 Å². The van der Waals surface area contributed by atoms with Crippen LogP contribution in [0, 0.1) is 0 Å². The minimum atomic E-state index is 0.549. The molecule has 0 bridgehead atoms. The summed E-state index contributed by atoms with van der Waals surface area (Å²) < 4.78 is 1.02. The van der Waals surface area contributed by atoms with Gasteiger partial charge < -0.3 is 0 Å². The molecule has 0 atom stereocenters. The Hall–Kier alpha value is -0.930. The molecule has 88 valence electrons. The van der Waals surface area contributed by atoms with Gasteiger partial charge in [0.05, 0.1) is 5.69 Å². The molecule has 0 amide bonds. The van der Waals surface area contributed by atoms with Crippen LogP contribution in [0.4, 0.5) is 0 Å². The number of rotatable bonds is 3. The number of halogens is 2. The van der Waals surface area contributed by atoms with Crippen molar-refractivity contribution in [3.05, 3.63) is 45.8 Å². The standard InChI is InChI=1S/C13H12BrClN2/c1-2-5-10-12(16-8-17-13(10)15)9-6-3-4-7-11(9)14/h3-4,6-8H,2,5H2,1H3. The monoisotopic (exact) mass is 310 g/mol. The second-order valence-electron chi connectivity index (χ2n) is 3.72. The molecule has 0 unspecified atom stereocenters. The third-order valence-electron chi connectivity index (χ3n) is 2.52. The van der Waals surface area contributed by atoms with E-state index in [2.05, 4.69) is 32.8 Å². The average molecular weight is 312 g/mol. The van der Waals surface area contributed by atoms with E-state index in [9.17, 15) is 0 Å². The summed E-state index contributed by atoms with van der Waals surface area (Å²) in [4.78, 5) is 8.42. The lowest BCUT2D eigenvalue weighted by atomic mass is 10.0. The number of aromatic nitrogens is 2. The normalized spacial score (nSPS) is 10.5. The van der Waals surface area contributed by atoms with E-state index >= 15 is 0 Å². The molecule has 0 aliphatic rings. The first-order valence-electron chi connectivity index (χ1n) is 5.48. The Labute approximate surface area is 114 Å². The maximum atomic E-state index is 6.14. The Morgan fingerprint density at radius 2 is 2.00 bits per heavy atom. The highest BCUT2D eigenvalue weighted by molar-refractivity contribution is 9.10. The smallest absolute Gasteiger partial charge is 0.136 e. The van der Waals surface area contributed by atoms with Gasteiger partial charge in [-0.1, -0.05) is 59.1 Å². The molecule has 0 saturated carbocycles. The fraction of sp³-hybridized carbons (Fsp3) is 0.231. The van der Waals surface area contributed by atoms with Gasteiger partial charge in [0, 0.05) is 15.6 Å². The molecule has 2 nitrogen and oxygen atoms in total. The van der Waals surface area contributed by atoms with Crippen LogP contribution in [0.1, 0.15) is 18.9 Å². The van der Waals surface area contributed by atoms with Crippen LogP contribution in [0.3, 0.4) is 0 Å². The molecule has 1 aromatic carbocycles. The molecule has 2 aromatic rings. The molecule has 0 spiro atoms. The number of hydrogen-bond donors (Lipinski definition) is 0. The molecular weight excluding hydrogens is 300 g/mol. The Balaban J connectivity index is 2.59. The summed E-state index contributed by atoms with van der Waals surface area (Å²) in [5.74, 6) is 0. The maximum Gasteiger partial charge on any atom is 0.136 e. The van der Waals surface area contributed by atoms with Crippen molar-refractivity contribution in [1.82, 2.24) is 9.97 Å². The number of hydrogen-bond acceptors (Lipinski definition) is 2. The topological polar surface area (TPSA) is 25.8 Å². The van der Waals surface area contributed by atoms with Gasteiger partial charge in [-0.15, -0.1) is 0 Å². The Morgan fingerprint density at radius 3 is 2.71 bits per heavy atom. The average Bonchev–Trinajstić information content (AvgIpc) is 2.33. The molecular formula is C13H12BrClN2. The Bertz CT molecular complexity index is 529. The second kappa shape index (κ2) is 5.61. The predicted octanol–water partition coefficient (Wildman–Crippen LogP) is 4.51. The fourth-order valence-electron chi connectivity index (χ4n) is 1.75. The van der Waals surface area contributed by atoms with Gasteiger partial charge in [-0.2, -0.15) is 0 Å². The van der Waals surface area contributed by atoms with E-state index in [1.54, 1.807) is 0 Å². The van der Waals surface area contributed by atoms with Gasteiger partial charge in [-0.3, -0.25) is 0 Å². The molecule has 0 N–H and O–H groups in total. The second-order valence-corrected chi connectivity index (χ2v) is 4.93. The number of benzene rings is 1. The van der Waals surface area contributed by atoms with Crippen LogP contribution in [-0.2, 0) is 6.42 Å². The lowest BCUT2D eigenvalue weighted by Crippen LogP contribution is -1.97. The molecule has 0 fully saturated rings. The summed E-state index contributed by atoms with van der Waals surface area (Å²) in [5.41, 5.74) is 2.99. The van der Waals surface area contributed by atoms with Gasteiger partial charge >= 0.3 is 0 Å². The first kappa shape index (κ1) is 12.5. The molecule has 0 aliphatic carbocycles. The van der Waals surface area contributed by atoms with Crippen LogP contribution in [0.2, 0.25) is 5.15 Å². The van der Waals surface area contributed by atoms with E-state index in [0.29, 0.717) is 5.15 Å². The fourth-order valence-corrected chi connectivity index (χ4v) is 2.45. The van der Waals surface area contributed by atoms with Gasteiger partial charge in [0.25, 0.3) is 0 Å². The predicted molar refractivity (Wildman–Crippen MR) is 74.2 cm³/mol. The highest BCUT2D eigenvalue weighted by atomic mass is 79.9. The van der Waals surface area contributed by atoms with Gasteiger partial charge in [0.15, 0.2) is 0 Å². The largest absolute Gasteiger partial charge is 0.236 e. The van der Waals surface area contributed by atoms with Crippen molar-refractivity contribution in [3.63, 3.8) is 0 Å². The molecule has 2 rings (SSSR count). The van der Waals surface area contributed by atoms with E-state index in [4.69, 9.17) is 11.6 Å². The minimum absolute atomic E-state index is 0.549. The van der Waals surface area contributed by atoms with E-state index in [1.807, 2.05) is 24.3 Å². The van der Waals surface area contributed by atoms with Crippen molar-refractivity contribution in [2.75, 3.05) is 0 Å². The zero-order valence-electron chi connectivity index (χ0n) is 9.45. The molecule has 0 saturated heterocycles. The van der Waals surface area contributed by atoms with Gasteiger partial charge in [0.2, 0.25) is 0 Å². The van der Waals surface area contributed by atoms with E-state index in [1.165, 1.54) is 6.33 Å². The number of nitrogens with zero attached hydrogens (tertiary/aromatic N) is 2. The molecule has 1 heterocycles. The highest BCUT2D eigenvalue weighted by Gasteiger charge is 2.12. The summed E-state index contributed by atoms with van der Waals surface area (Å²) >= 11 is 9.68. The molecule has 0 aliphatic heterocycles. The van der Waals surface area contributed by atoms with Gasteiger partial charge in [-0.05, 0) is 12.5 Å². The van der Waals surface area contributed by atoms with Gasteiger partial charge in [-0.25, -0.2) is 9.97 Å². The summed E-state index contributed by atoms with van der Waals surface area (Å²) in [6.07, 6.45) is 3.41. The van der Waals surface area contributed by atoms with Gasteiger partial charge in [0.1, 0.15) is 11.5 Å². The molecule has 0 radical (unpaired) electrons. The summed E-state index contributed by atoms with van der Waals surface area (Å²) in [5, 5.41) is 0.549. The Kier molecular flexibility index (Phi) is 4.13. The minimum Gasteiger partial charge on any atom is -0.236 e. The molecule has 1 aromatic heterocycles. The lowest BCUT2D eigenvalue weighted by Gasteiger charge is -2.10. The van der Waals surface area contributed by atoms with Crippen molar-refractivity contribution in [2.24, 2.45) is 0 Å². The summed E-state index contributed by atoms with van der Waals surface area (Å²) in [6, 6.07) is 8.00. The van der Waals surface area contributed by atoms with Crippen LogP contribution in [-0.4, -0.2) is 9.97 Å². The first-order chi connectivity index (χ1) is 8.24.